The maximum absolute atomic E-state index is 13.3. The molecule has 0 radical (unpaired) electrons. The Morgan fingerprint density at radius 3 is 2.26 bits per heavy atom. The fraction of sp³-hybridized carbons (Fsp3) is 0.231. The molecule has 0 unspecified atom stereocenters. The molecule has 0 saturated heterocycles. The van der Waals surface area contributed by atoms with Crippen LogP contribution in [0.3, 0.4) is 0 Å². The Hall–Kier alpha value is -3.60. The lowest BCUT2D eigenvalue weighted by Gasteiger charge is -2.27. The number of amides is 2. The summed E-state index contributed by atoms with van der Waals surface area (Å²) in [6, 6.07) is 21.3. The summed E-state index contributed by atoms with van der Waals surface area (Å²) < 4.78 is 2.00. The normalized spacial score (nSPS) is 10.5. The zero-order valence-corrected chi connectivity index (χ0v) is 18.2. The molecule has 31 heavy (non-hydrogen) atoms. The highest BCUT2D eigenvalue weighted by atomic mass is 16.2. The van der Waals surface area contributed by atoms with Gasteiger partial charge in [-0.3, -0.25) is 9.59 Å². The molecule has 2 aromatic carbocycles. The summed E-state index contributed by atoms with van der Waals surface area (Å²) in [6.07, 6.45) is 3.61. The van der Waals surface area contributed by atoms with Crippen LogP contribution in [0.15, 0.2) is 85.6 Å². The molecule has 1 heterocycles. The van der Waals surface area contributed by atoms with Crippen molar-refractivity contribution in [2.24, 2.45) is 7.05 Å². The first-order valence-electron chi connectivity index (χ1n) is 10.4. The van der Waals surface area contributed by atoms with Crippen LogP contribution in [0.25, 0.3) is 0 Å². The molecule has 160 valence electrons. The summed E-state index contributed by atoms with van der Waals surface area (Å²) in [7, 11) is 1.96. The van der Waals surface area contributed by atoms with Crippen LogP contribution in [0.4, 0.5) is 0 Å². The predicted octanol–water partition coefficient (Wildman–Crippen LogP) is 4.19. The number of aromatic nitrogens is 1. The fourth-order valence-electron chi connectivity index (χ4n) is 3.41. The molecule has 0 N–H and O–H groups in total. The van der Waals surface area contributed by atoms with Crippen molar-refractivity contribution in [3.8, 4) is 0 Å². The van der Waals surface area contributed by atoms with Crippen molar-refractivity contribution in [1.29, 1.82) is 0 Å². The summed E-state index contributed by atoms with van der Waals surface area (Å²) in [6.45, 7) is 6.99. The second kappa shape index (κ2) is 10.4. The van der Waals surface area contributed by atoms with E-state index in [2.05, 4.69) is 6.58 Å². The zero-order valence-electron chi connectivity index (χ0n) is 18.2. The Labute approximate surface area is 184 Å². The first kappa shape index (κ1) is 22.1. The van der Waals surface area contributed by atoms with Gasteiger partial charge in [-0.1, -0.05) is 54.1 Å². The lowest BCUT2D eigenvalue weighted by Crippen LogP contribution is -2.42. The third-order valence-corrected chi connectivity index (χ3v) is 5.23. The molecule has 2 amide bonds. The molecule has 0 saturated carbocycles. The van der Waals surface area contributed by atoms with Crippen molar-refractivity contribution in [3.63, 3.8) is 0 Å². The Morgan fingerprint density at radius 1 is 0.935 bits per heavy atom. The van der Waals surface area contributed by atoms with Crippen LogP contribution in [0.2, 0.25) is 0 Å². The lowest BCUT2D eigenvalue weighted by atomic mass is 10.1. The number of benzene rings is 2. The number of hydrogen-bond acceptors (Lipinski definition) is 2. The maximum Gasteiger partial charge on any atom is 0.254 e. The van der Waals surface area contributed by atoms with Gasteiger partial charge in [0.05, 0.1) is 6.54 Å². The summed E-state index contributed by atoms with van der Waals surface area (Å²) >= 11 is 0. The van der Waals surface area contributed by atoms with E-state index in [1.165, 1.54) is 0 Å². The molecule has 0 aliphatic carbocycles. The average molecular weight is 416 g/mol. The Kier molecular flexibility index (Phi) is 7.44. The number of carbonyl (C=O) groups excluding carboxylic acids is 2. The van der Waals surface area contributed by atoms with Gasteiger partial charge in [-0.05, 0) is 36.8 Å². The van der Waals surface area contributed by atoms with Gasteiger partial charge < -0.3 is 14.4 Å². The molecule has 0 aliphatic heterocycles. The van der Waals surface area contributed by atoms with Crippen LogP contribution in [0, 0.1) is 6.92 Å². The van der Waals surface area contributed by atoms with Gasteiger partial charge in [0, 0.05) is 37.6 Å². The number of carbonyl (C=O) groups is 2. The highest BCUT2D eigenvalue weighted by molar-refractivity contribution is 5.96. The quantitative estimate of drug-likeness (QED) is 0.492. The van der Waals surface area contributed by atoms with E-state index in [1.54, 1.807) is 28.0 Å². The van der Waals surface area contributed by atoms with E-state index in [0.29, 0.717) is 25.2 Å². The highest BCUT2D eigenvalue weighted by Crippen LogP contribution is 2.13. The molecule has 0 fully saturated rings. The maximum atomic E-state index is 13.3. The fourth-order valence-corrected chi connectivity index (χ4v) is 3.41. The minimum Gasteiger partial charge on any atom is -0.353 e. The molecule has 3 aromatic rings. The average Bonchev–Trinajstić information content (AvgIpc) is 3.18. The summed E-state index contributed by atoms with van der Waals surface area (Å²) in [5.74, 6) is -0.279. The molecule has 5 nitrogen and oxygen atoms in total. The topological polar surface area (TPSA) is 45.6 Å². The number of aryl methyl sites for hydroxylation is 2. The summed E-state index contributed by atoms with van der Waals surface area (Å²) in [4.78, 5) is 29.7. The van der Waals surface area contributed by atoms with Gasteiger partial charge in [-0.2, -0.15) is 0 Å². The van der Waals surface area contributed by atoms with Gasteiger partial charge in [-0.15, -0.1) is 6.58 Å². The summed E-state index contributed by atoms with van der Waals surface area (Å²) in [5.41, 5.74) is 3.73. The lowest BCUT2D eigenvalue weighted by molar-refractivity contribution is -0.133. The van der Waals surface area contributed by atoms with Crippen molar-refractivity contribution in [2.45, 2.75) is 20.0 Å². The van der Waals surface area contributed by atoms with Crippen LogP contribution >= 0.6 is 0 Å². The predicted molar refractivity (Wildman–Crippen MR) is 123 cm³/mol. The monoisotopic (exact) mass is 415 g/mol. The minimum absolute atomic E-state index is 0.00398. The highest BCUT2D eigenvalue weighted by Gasteiger charge is 2.22. The molecule has 0 atom stereocenters. The first-order chi connectivity index (χ1) is 15.0. The van der Waals surface area contributed by atoms with Crippen LogP contribution in [0.1, 0.15) is 27.2 Å². The van der Waals surface area contributed by atoms with Gasteiger partial charge in [0.1, 0.15) is 6.54 Å². The summed E-state index contributed by atoms with van der Waals surface area (Å²) in [5, 5.41) is 0. The SMILES string of the molecule is C=CCN(CC(=O)N(Cc1ccccc1)Cc1cccn1C)C(=O)c1ccc(C)cc1. The molecule has 3 rings (SSSR count). The van der Waals surface area contributed by atoms with Crippen LogP contribution in [0.5, 0.6) is 0 Å². The smallest absolute Gasteiger partial charge is 0.254 e. The first-order valence-corrected chi connectivity index (χ1v) is 10.4. The van der Waals surface area contributed by atoms with Crippen molar-refractivity contribution in [1.82, 2.24) is 14.4 Å². The van der Waals surface area contributed by atoms with E-state index in [4.69, 9.17) is 0 Å². The second-order valence-corrected chi connectivity index (χ2v) is 7.69. The minimum atomic E-state index is -0.174. The van der Waals surface area contributed by atoms with Crippen molar-refractivity contribution in [2.75, 3.05) is 13.1 Å². The van der Waals surface area contributed by atoms with Crippen LogP contribution in [-0.2, 0) is 24.9 Å². The van der Waals surface area contributed by atoms with E-state index in [1.807, 2.05) is 79.3 Å². The molecular weight excluding hydrogens is 386 g/mol. The van der Waals surface area contributed by atoms with Crippen molar-refractivity contribution >= 4 is 11.8 Å². The molecule has 0 aliphatic rings. The van der Waals surface area contributed by atoms with E-state index < -0.39 is 0 Å². The van der Waals surface area contributed by atoms with Crippen molar-refractivity contribution in [3.05, 3.63) is 108 Å². The molecule has 0 bridgehead atoms. The standard InChI is InChI=1S/C26H29N3O2/c1-4-16-28(26(31)23-14-12-21(2)13-15-23)20-25(30)29(18-22-9-6-5-7-10-22)19-24-11-8-17-27(24)3/h4-15,17H,1,16,18-20H2,2-3H3. The number of rotatable bonds is 9. The second-order valence-electron chi connectivity index (χ2n) is 7.69. The van der Waals surface area contributed by atoms with Crippen LogP contribution in [-0.4, -0.2) is 39.3 Å². The number of hydrogen-bond donors (Lipinski definition) is 0. The van der Waals surface area contributed by atoms with Crippen LogP contribution < -0.4 is 0 Å². The van der Waals surface area contributed by atoms with E-state index in [0.717, 1.165) is 16.8 Å². The Bertz CT molecular complexity index is 1020. The molecule has 5 heteroatoms. The van der Waals surface area contributed by atoms with Gasteiger partial charge >= 0.3 is 0 Å². The zero-order chi connectivity index (χ0) is 22.2. The molecular formula is C26H29N3O2. The van der Waals surface area contributed by atoms with Gasteiger partial charge in [0.15, 0.2) is 0 Å². The molecule has 0 spiro atoms. The van der Waals surface area contributed by atoms with E-state index in [-0.39, 0.29) is 18.4 Å². The van der Waals surface area contributed by atoms with Gasteiger partial charge in [-0.25, -0.2) is 0 Å². The van der Waals surface area contributed by atoms with E-state index >= 15 is 0 Å². The Morgan fingerprint density at radius 2 is 1.65 bits per heavy atom. The van der Waals surface area contributed by atoms with Gasteiger partial charge in [0.25, 0.3) is 5.91 Å². The Balaban J connectivity index is 1.80. The third-order valence-electron chi connectivity index (χ3n) is 5.23. The van der Waals surface area contributed by atoms with Gasteiger partial charge in [0.2, 0.25) is 5.91 Å². The van der Waals surface area contributed by atoms with E-state index in [9.17, 15) is 9.59 Å². The van der Waals surface area contributed by atoms with Crippen molar-refractivity contribution < 1.29 is 9.59 Å². The largest absolute Gasteiger partial charge is 0.353 e. The molecule has 1 aromatic heterocycles. The third kappa shape index (κ3) is 5.95. The number of nitrogens with zero attached hydrogens (tertiary/aromatic N) is 3.